The second-order valence-electron chi connectivity index (χ2n) is 5.31. The number of imidazole rings is 1. The van der Waals surface area contributed by atoms with Gasteiger partial charge in [-0.05, 0) is 18.3 Å². The Kier molecular flexibility index (Phi) is 4.67. The first-order valence-corrected chi connectivity index (χ1v) is 7.72. The monoisotopic (exact) mass is 361 g/mol. The maximum absolute atomic E-state index is 13.7. The Hall–Kier alpha value is -1.48. The van der Waals surface area contributed by atoms with Crippen LogP contribution in [0.4, 0.5) is 8.78 Å². The van der Waals surface area contributed by atoms with Gasteiger partial charge in [0.2, 0.25) is 0 Å². The molecular weight excluding hydrogens is 348 g/mol. The van der Waals surface area contributed by atoms with Crippen molar-refractivity contribution in [3.05, 3.63) is 46.0 Å². The van der Waals surface area contributed by atoms with Crippen LogP contribution in [0.25, 0.3) is 0 Å². The number of nitrogens with zero attached hydrogens (tertiary/aromatic N) is 2. The summed E-state index contributed by atoms with van der Waals surface area (Å²) in [7, 11) is 0. The Labute approximate surface area is 141 Å². The van der Waals surface area contributed by atoms with Gasteiger partial charge in [-0.3, -0.25) is 5.21 Å². The zero-order chi connectivity index (χ0) is 16.6. The van der Waals surface area contributed by atoms with Crippen molar-refractivity contribution in [1.82, 2.24) is 14.1 Å². The Balaban J connectivity index is 1.89. The summed E-state index contributed by atoms with van der Waals surface area (Å²) >= 11 is 10.7. The molecule has 0 spiro atoms. The van der Waals surface area contributed by atoms with Gasteiger partial charge in [-0.1, -0.05) is 0 Å². The third kappa shape index (κ3) is 3.40. The Morgan fingerprint density at radius 1 is 1.48 bits per heavy atom. The van der Waals surface area contributed by atoms with E-state index in [9.17, 15) is 8.78 Å². The van der Waals surface area contributed by atoms with Gasteiger partial charge in [-0.25, -0.2) is 8.78 Å². The molecule has 1 aliphatic heterocycles. The van der Waals surface area contributed by atoms with Crippen LogP contribution in [0.2, 0.25) is 0 Å². The lowest BCUT2D eigenvalue weighted by atomic mass is 10.0. The zero-order valence-corrected chi connectivity index (χ0v) is 13.5. The lowest BCUT2D eigenvalue weighted by molar-refractivity contribution is 0.00649. The van der Waals surface area contributed by atoms with Gasteiger partial charge >= 0.3 is 0 Å². The summed E-state index contributed by atoms with van der Waals surface area (Å²) in [4.78, 5) is 2.94. The minimum absolute atomic E-state index is 0.0912. The molecule has 5 nitrogen and oxygen atoms in total. The summed E-state index contributed by atoms with van der Waals surface area (Å²) in [6, 6.07) is 1.89. The van der Waals surface area contributed by atoms with E-state index in [1.165, 1.54) is 6.07 Å². The standard InChI is InChI=1S/C14H14ClF2N3O2S/c15-19(21)2-1-10-6-18-14(23)20(10)11-4-8-3-9(16)5-12(17)13(8)22-7-11/h3,5-6,11,21H,1-2,4,7H2,(H,18,23)/t11-/m1/s1. The van der Waals surface area contributed by atoms with Crippen LogP contribution in [-0.2, 0) is 12.8 Å². The highest BCUT2D eigenvalue weighted by Gasteiger charge is 2.26. The average molecular weight is 362 g/mol. The maximum atomic E-state index is 13.7. The Bertz CT molecular complexity index is 778. The topological polar surface area (TPSA) is 53.4 Å². The number of H-pyrrole nitrogens is 1. The minimum Gasteiger partial charge on any atom is -0.488 e. The van der Waals surface area contributed by atoms with Crippen LogP contribution in [-0.4, -0.2) is 32.5 Å². The van der Waals surface area contributed by atoms with Crippen LogP contribution in [0.3, 0.4) is 0 Å². The van der Waals surface area contributed by atoms with Crippen LogP contribution < -0.4 is 4.74 Å². The molecule has 2 heterocycles. The van der Waals surface area contributed by atoms with E-state index in [0.29, 0.717) is 27.8 Å². The number of hydrogen-bond donors (Lipinski definition) is 2. The van der Waals surface area contributed by atoms with Gasteiger partial charge in [0.05, 0.1) is 6.04 Å². The van der Waals surface area contributed by atoms with E-state index in [-0.39, 0.29) is 24.9 Å². The SMILES string of the molecule is ON(Cl)CCc1c[nH]c(=S)n1[C@H]1COc2c(F)cc(F)cc2C1. The highest BCUT2D eigenvalue weighted by molar-refractivity contribution is 7.71. The molecule has 1 aromatic heterocycles. The van der Waals surface area contributed by atoms with Gasteiger partial charge in [0.1, 0.15) is 12.4 Å². The van der Waals surface area contributed by atoms with E-state index in [2.05, 4.69) is 4.98 Å². The normalized spacial score (nSPS) is 17.2. The molecular formula is C14H14ClF2N3O2S. The summed E-state index contributed by atoms with van der Waals surface area (Å²) in [6.07, 6.45) is 2.57. The molecule has 1 atom stereocenters. The number of hydrogen-bond acceptors (Lipinski definition) is 4. The maximum Gasteiger partial charge on any atom is 0.177 e. The van der Waals surface area contributed by atoms with E-state index < -0.39 is 11.6 Å². The van der Waals surface area contributed by atoms with Crippen LogP contribution in [0, 0.1) is 16.4 Å². The molecule has 124 valence electrons. The fraction of sp³-hybridized carbons (Fsp3) is 0.357. The molecule has 0 aliphatic carbocycles. The second-order valence-corrected chi connectivity index (χ2v) is 6.09. The van der Waals surface area contributed by atoms with E-state index in [1.54, 1.807) is 6.20 Å². The van der Waals surface area contributed by atoms with Crippen molar-refractivity contribution < 1.29 is 18.7 Å². The summed E-state index contributed by atoms with van der Waals surface area (Å²) in [5, 5.41) is 9.06. The van der Waals surface area contributed by atoms with E-state index in [1.807, 2.05) is 4.57 Å². The van der Waals surface area contributed by atoms with Crippen LogP contribution in [0.15, 0.2) is 18.3 Å². The highest BCUT2D eigenvalue weighted by Crippen LogP contribution is 2.33. The quantitative estimate of drug-likeness (QED) is 0.498. The number of ether oxygens (including phenoxy) is 1. The molecule has 1 aliphatic rings. The summed E-state index contributed by atoms with van der Waals surface area (Å²) in [5.74, 6) is -1.25. The fourth-order valence-electron chi connectivity index (χ4n) is 2.80. The largest absolute Gasteiger partial charge is 0.488 e. The molecule has 2 aromatic rings. The number of benzene rings is 1. The molecule has 0 amide bonds. The molecule has 2 N–H and O–H groups in total. The molecule has 0 saturated heterocycles. The van der Waals surface area contributed by atoms with E-state index in [4.69, 9.17) is 33.9 Å². The fourth-order valence-corrected chi connectivity index (χ4v) is 3.21. The lowest BCUT2D eigenvalue weighted by Crippen LogP contribution is -2.27. The first kappa shape index (κ1) is 16.4. The molecule has 0 fully saturated rings. The molecule has 0 unspecified atom stereocenters. The predicted octanol–water partition coefficient (Wildman–Crippen LogP) is 3.39. The average Bonchev–Trinajstić information content (AvgIpc) is 2.85. The van der Waals surface area contributed by atoms with Gasteiger partial charge in [0.15, 0.2) is 16.3 Å². The molecule has 3 rings (SSSR count). The lowest BCUT2D eigenvalue weighted by Gasteiger charge is -2.28. The van der Waals surface area contributed by atoms with Gasteiger partial charge in [0.25, 0.3) is 0 Å². The number of rotatable bonds is 4. The minimum atomic E-state index is -0.700. The van der Waals surface area contributed by atoms with Gasteiger partial charge in [-0.2, -0.15) is 0 Å². The van der Waals surface area contributed by atoms with Crippen LogP contribution >= 0.6 is 24.0 Å². The summed E-state index contributed by atoms with van der Waals surface area (Å²) < 4.78 is 35.5. The van der Waals surface area contributed by atoms with Crippen LogP contribution in [0.1, 0.15) is 17.3 Å². The van der Waals surface area contributed by atoms with Gasteiger partial charge < -0.3 is 14.3 Å². The summed E-state index contributed by atoms with van der Waals surface area (Å²) in [6.45, 7) is 0.431. The smallest absolute Gasteiger partial charge is 0.177 e. The van der Waals surface area contributed by atoms with Gasteiger partial charge in [-0.15, -0.1) is 4.58 Å². The van der Waals surface area contributed by atoms with E-state index in [0.717, 1.165) is 11.8 Å². The second kappa shape index (κ2) is 6.56. The number of nitrogens with one attached hydrogen (secondary N) is 1. The Morgan fingerprint density at radius 3 is 3.00 bits per heavy atom. The third-order valence-corrected chi connectivity index (χ3v) is 4.25. The molecule has 0 radical (unpaired) electrons. The first-order valence-electron chi connectivity index (χ1n) is 6.97. The number of aromatic nitrogens is 2. The van der Waals surface area contributed by atoms with Crippen molar-refractivity contribution in [1.29, 1.82) is 0 Å². The number of fused-ring (bicyclic) bond motifs is 1. The van der Waals surface area contributed by atoms with Gasteiger partial charge in [0, 0.05) is 54.7 Å². The number of halogens is 3. The molecule has 0 bridgehead atoms. The third-order valence-electron chi connectivity index (χ3n) is 3.77. The molecule has 9 heteroatoms. The van der Waals surface area contributed by atoms with E-state index >= 15 is 0 Å². The van der Waals surface area contributed by atoms with Crippen molar-refractivity contribution in [3.8, 4) is 5.75 Å². The zero-order valence-electron chi connectivity index (χ0n) is 11.9. The number of aromatic amines is 1. The van der Waals surface area contributed by atoms with Crippen molar-refractivity contribution in [2.45, 2.75) is 18.9 Å². The van der Waals surface area contributed by atoms with Crippen LogP contribution in [0.5, 0.6) is 5.75 Å². The highest BCUT2D eigenvalue weighted by atomic mass is 35.5. The van der Waals surface area contributed by atoms with Crippen molar-refractivity contribution in [3.63, 3.8) is 0 Å². The number of hydroxylamine groups is 1. The first-order chi connectivity index (χ1) is 11.0. The predicted molar refractivity (Wildman–Crippen MR) is 82.3 cm³/mol. The van der Waals surface area contributed by atoms with Crippen molar-refractivity contribution >= 4 is 24.0 Å². The van der Waals surface area contributed by atoms with Crippen molar-refractivity contribution in [2.24, 2.45) is 0 Å². The summed E-state index contributed by atoms with van der Waals surface area (Å²) in [5.41, 5.74) is 1.29. The van der Waals surface area contributed by atoms with Crippen molar-refractivity contribution in [2.75, 3.05) is 13.2 Å². The Morgan fingerprint density at radius 2 is 2.26 bits per heavy atom. The molecule has 23 heavy (non-hydrogen) atoms. The molecule has 1 aromatic carbocycles. The molecule has 0 saturated carbocycles.